The molecule has 4 nitrogen and oxygen atoms in total. The molecule has 0 aliphatic carbocycles. The van der Waals surface area contributed by atoms with Gasteiger partial charge in [-0.2, -0.15) is 0 Å². The van der Waals surface area contributed by atoms with E-state index >= 15 is 0 Å². The zero-order valence-corrected chi connectivity index (χ0v) is 13.0. The predicted molar refractivity (Wildman–Crippen MR) is 97.0 cm³/mol. The maximum atomic E-state index is 5.73. The van der Waals surface area contributed by atoms with Crippen LogP contribution in [0.4, 0.5) is 16.5 Å². The standard InChI is InChI=1S/C18H14N4S/c19-14-8-6-12(7-9-14)16-11-23-18(22-16)21-15-5-1-3-13-4-2-10-20-17(13)15/h1-11H,19H2,(H,21,22). The average molecular weight is 318 g/mol. The van der Waals surface area contributed by atoms with Crippen LogP contribution < -0.4 is 11.1 Å². The highest BCUT2D eigenvalue weighted by Crippen LogP contribution is 2.29. The highest BCUT2D eigenvalue weighted by Gasteiger charge is 2.07. The lowest BCUT2D eigenvalue weighted by atomic mass is 10.1. The number of aromatic nitrogens is 2. The number of nitrogens with one attached hydrogen (secondary N) is 1. The summed E-state index contributed by atoms with van der Waals surface area (Å²) >= 11 is 1.57. The molecule has 2 heterocycles. The van der Waals surface area contributed by atoms with Crippen LogP contribution in [-0.4, -0.2) is 9.97 Å². The summed E-state index contributed by atoms with van der Waals surface area (Å²) in [5.41, 5.74) is 10.4. The van der Waals surface area contributed by atoms with Crippen LogP contribution in [0.25, 0.3) is 22.2 Å². The van der Waals surface area contributed by atoms with E-state index in [1.165, 1.54) is 0 Å². The van der Waals surface area contributed by atoms with Crippen LogP contribution in [0.1, 0.15) is 0 Å². The van der Waals surface area contributed by atoms with Crippen molar-refractivity contribution in [3.05, 3.63) is 66.2 Å². The van der Waals surface area contributed by atoms with Gasteiger partial charge in [0.05, 0.1) is 16.9 Å². The van der Waals surface area contributed by atoms with Crippen LogP contribution in [0, 0.1) is 0 Å². The number of para-hydroxylation sites is 1. The van der Waals surface area contributed by atoms with Crippen molar-refractivity contribution in [1.29, 1.82) is 0 Å². The molecule has 5 heteroatoms. The number of hydrogen-bond acceptors (Lipinski definition) is 5. The molecule has 112 valence electrons. The van der Waals surface area contributed by atoms with Crippen molar-refractivity contribution < 1.29 is 0 Å². The second kappa shape index (κ2) is 5.70. The van der Waals surface area contributed by atoms with Crippen molar-refractivity contribution in [3.8, 4) is 11.3 Å². The normalized spacial score (nSPS) is 10.8. The van der Waals surface area contributed by atoms with Crippen LogP contribution >= 0.6 is 11.3 Å². The second-order valence-electron chi connectivity index (χ2n) is 5.17. The largest absolute Gasteiger partial charge is 0.399 e. The summed E-state index contributed by atoms with van der Waals surface area (Å²) in [6, 6.07) is 17.8. The molecule has 2 aromatic heterocycles. The molecule has 0 radical (unpaired) electrons. The minimum atomic E-state index is 0.754. The SMILES string of the molecule is Nc1ccc(-c2csc(Nc3cccc4cccnc34)n2)cc1. The quantitative estimate of drug-likeness (QED) is 0.538. The van der Waals surface area contributed by atoms with Crippen molar-refractivity contribution in [1.82, 2.24) is 9.97 Å². The molecule has 0 atom stereocenters. The molecule has 2 aromatic carbocycles. The molecule has 0 spiro atoms. The fourth-order valence-corrected chi connectivity index (χ4v) is 3.17. The summed E-state index contributed by atoms with van der Waals surface area (Å²) in [5.74, 6) is 0. The summed E-state index contributed by atoms with van der Waals surface area (Å²) in [5, 5.41) is 7.35. The van der Waals surface area contributed by atoms with E-state index in [1.54, 1.807) is 17.5 Å². The molecule has 0 aliphatic heterocycles. The van der Waals surface area contributed by atoms with Gasteiger partial charge < -0.3 is 11.1 Å². The van der Waals surface area contributed by atoms with E-state index in [4.69, 9.17) is 5.73 Å². The maximum absolute atomic E-state index is 5.73. The van der Waals surface area contributed by atoms with Gasteiger partial charge in [0.25, 0.3) is 0 Å². The van der Waals surface area contributed by atoms with E-state index in [9.17, 15) is 0 Å². The van der Waals surface area contributed by atoms with Gasteiger partial charge in [-0.25, -0.2) is 4.98 Å². The number of anilines is 3. The van der Waals surface area contributed by atoms with Gasteiger partial charge in [-0.3, -0.25) is 4.98 Å². The minimum Gasteiger partial charge on any atom is -0.399 e. The van der Waals surface area contributed by atoms with Gasteiger partial charge in [-0.15, -0.1) is 11.3 Å². The highest BCUT2D eigenvalue weighted by molar-refractivity contribution is 7.14. The lowest BCUT2D eigenvalue weighted by Gasteiger charge is -2.06. The summed E-state index contributed by atoms with van der Waals surface area (Å²) < 4.78 is 0. The van der Waals surface area contributed by atoms with E-state index in [1.807, 2.05) is 47.8 Å². The summed E-state index contributed by atoms with van der Waals surface area (Å²) in [4.78, 5) is 9.10. The number of rotatable bonds is 3. The first-order valence-electron chi connectivity index (χ1n) is 7.22. The predicted octanol–water partition coefficient (Wildman–Crippen LogP) is 4.68. The average Bonchev–Trinajstić information content (AvgIpc) is 3.04. The Balaban J connectivity index is 1.66. The molecular weight excluding hydrogens is 304 g/mol. The Morgan fingerprint density at radius 1 is 0.957 bits per heavy atom. The molecule has 4 rings (SSSR count). The Morgan fingerprint density at radius 3 is 2.65 bits per heavy atom. The zero-order valence-electron chi connectivity index (χ0n) is 12.2. The summed E-state index contributed by atoms with van der Waals surface area (Å²) in [6.45, 7) is 0. The van der Waals surface area contributed by atoms with Crippen molar-refractivity contribution in [3.63, 3.8) is 0 Å². The van der Waals surface area contributed by atoms with E-state index in [2.05, 4.69) is 27.4 Å². The molecule has 0 bridgehead atoms. The molecule has 0 saturated heterocycles. The number of fused-ring (bicyclic) bond motifs is 1. The van der Waals surface area contributed by atoms with Crippen LogP contribution in [-0.2, 0) is 0 Å². The Labute approximate surface area is 137 Å². The number of pyridine rings is 1. The lowest BCUT2D eigenvalue weighted by molar-refractivity contribution is 1.37. The van der Waals surface area contributed by atoms with Gasteiger partial charge in [0.1, 0.15) is 0 Å². The molecule has 0 fully saturated rings. The Bertz CT molecular complexity index is 955. The molecule has 0 aliphatic rings. The smallest absolute Gasteiger partial charge is 0.187 e. The first-order valence-corrected chi connectivity index (χ1v) is 8.10. The van der Waals surface area contributed by atoms with E-state index in [0.717, 1.165) is 38.7 Å². The Hall–Kier alpha value is -2.92. The van der Waals surface area contributed by atoms with Crippen molar-refractivity contribution >= 4 is 38.7 Å². The number of nitrogens with zero attached hydrogens (tertiary/aromatic N) is 2. The molecular formula is C18H14N4S. The van der Waals surface area contributed by atoms with Gasteiger partial charge in [-0.1, -0.05) is 30.3 Å². The van der Waals surface area contributed by atoms with Gasteiger partial charge in [0.15, 0.2) is 5.13 Å². The molecule has 4 aromatic rings. The van der Waals surface area contributed by atoms with E-state index < -0.39 is 0 Å². The fraction of sp³-hybridized carbons (Fsp3) is 0. The van der Waals surface area contributed by atoms with Gasteiger partial charge in [0, 0.05) is 28.2 Å². The Morgan fingerprint density at radius 2 is 1.78 bits per heavy atom. The van der Waals surface area contributed by atoms with Gasteiger partial charge in [-0.05, 0) is 24.3 Å². The van der Waals surface area contributed by atoms with E-state index in [-0.39, 0.29) is 0 Å². The van der Waals surface area contributed by atoms with Crippen LogP contribution in [0.5, 0.6) is 0 Å². The second-order valence-corrected chi connectivity index (χ2v) is 6.02. The topological polar surface area (TPSA) is 63.8 Å². The number of nitrogens with two attached hydrogens (primary N) is 1. The Kier molecular flexibility index (Phi) is 3.40. The monoisotopic (exact) mass is 318 g/mol. The first-order chi connectivity index (χ1) is 11.3. The van der Waals surface area contributed by atoms with E-state index in [0.29, 0.717) is 0 Å². The van der Waals surface area contributed by atoms with Crippen molar-refractivity contribution in [2.24, 2.45) is 0 Å². The van der Waals surface area contributed by atoms with Crippen LogP contribution in [0.3, 0.4) is 0 Å². The molecule has 0 saturated carbocycles. The number of hydrogen-bond donors (Lipinski definition) is 2. The molecule has 3 N–H and O–H groups in total. The maximum Gasteiger partial charge on any atom is 0.187 e. The fourth-order valence-electron chi connectivity index (χ4n) is 2.44. The minimum absolute atomic E-state index is 0.754. The van der Waals surface area contributed by atoms with Crippen LogP contribution in [0.2, 0.25) is 0 Å². The van der Waals surface area contributed by atoms with Gasteiger partial charge >= 0.3 is 0 Å². The number of nitrogen functional groups attached to an aromatic ring is 1. The molecule has 23 heavy (non-hydrogen) atoms. The first kappa shape index (κ1) is 13.7. The molecule has 0 unspecified atom stereocenters. The van der Waals surface area contributed by atoms with Crippen molar-refractivity contribution in [2.45, 2.75) is 0 Å². The van der Waals surface area contributed by atoms with Crippen LogP contribution in [0.15, 0.2) is 66.2 Å². The summed E-state index contributed by atoms with van der Waals surface area (Å²) in [6.07, 6.45) is 1.80. The third-order valence-electron chi connectivity index (χ3n) is 3.58. The third kappa shape index (κ3) is 2.74. The third-order valence-corrected chi connectivity index (χ3v) is 4.34. The van der Waals surface area contributed by atoms with Gasteiger partial charge in [0.2, 0.25) is 0 Å². The number of benzene rings is 2. The van der Waals surface area contributed by atoms with Crippen molar-refractivity contribution in [2.75, 3.05) is 11.1 Å². The summed E-state index contributed by atoms with van der Waals surface area (Å²) in [7, 11) is 0. The lowest BCUT2D eigenvalue weighted by Crippen LogP contribution is -1.92. The highest BCUT2D eigenvalue weighted by atomic mass is 32.1. The molecule has 0 amide bonds. The number of thiazole rings is 1. The zero-order chi connectivity index (χ0) is 15.6.